The number of hydrogen-bond donors (Lipinski definition) is 2. The van der Waals surface area contributed by atoms with Gasteiger partial charge in [0.25, 0.3) is 5.89 Å². The molecule has 33 heavy (non-hydrogen) atoms. The highest BCUT2D eigenvalue weighted by Crippen LogP contribution is 2.26. The zero-order valence-electron chi connectivity index (χ0n) is 18.2. The van der Waals surface area contributed by atoms with Crippen LogP contribution in [0.5, 0.6) is 0 Å². The van der Waals surface area contributed by atoms with Crippen LogP contribution in [0.1, 0.15) is 35.4 Å². The Morgan fingerprint density at radius 3 is 2.61 bits per heavy atom. The molecule has 174 valence electrons. The molecule has 0 spiro atoms. The smallest absolute Gasteiger partial charge is 0.335 e. The number of amides is 1. The van der Waals surface area contributed by atoms with Crippen LogP contribution in [0.4, 0.5) is 4.39 Å². The molecule has 1 amide bonds. The van der Waals surface area contributed by atoms with Crippen LogP contribution in [0.15, 0.2) is 53.1 Å². The minimum atomic E-state index is -1.42. The lowest BCUT2D eigenvalue weighted by Gasteiger charge is -2.21. The summed E-state index contributed by atoms with van der Waals surface area (Å²) in [6, 6.07) is 10.7. The first-order chi connectivity index (χ1) is 15.8. The highest BCUT2D eigenvalue weighted by molar-refractivity contribution is 6.30. The first-order valence-corrected chi connectivity index (χ1v) is 10.8. The molecular weight excluding hydrogens is 451 g/mol. The van der Waals surface area contributed by atoms with Crippen molar-refractivity contribution in [2.75, 3.05) is 6.61 Å². The molecule has 0 fully saturated rings. The molecule has 7 nitrogen and oxygen atoms in total. The van der Waals surface area contributed by atoms with Crippen molar-refractivity contribution in [1.82, 2.24) is 10.3 Å². The van der Waals surface area contributed by atoms with E-state index >= 15 is 0 Å². The number of aliphatic hydroxyl groups excluding tert-OH is 1. The number of rotatable bonds is 9. The van der Waals surface area contributed by atoms with E-state index in [1.54, 1.807) is 44.2 Å². The van der Waals surface area contributed by atoms with Crippen molar-refractivity contribution >= 4 is 23.5 Å². The van der Waals surface area contributed by atoms with Gasteiger partial charge in [-0.05, 0) is 49.6 Å². The van der Waals surface area contributed by atoms with Crippen LogP contribution in [-0.4, -0.2) is 40.7 Å². The number of aryl methyl sites for hydroxylation is 1. The lowest BCUT2D eigenvalue weighted by molar-refractivity contribution is -0.153. The van der Waals surface area contributed by atoms with Crippen molar-refractivity contribution in [3.8, 4) is 11.1 Å². The van der Waals surface area contributed by atoms with Crippen molar-refractivity contribution in [1.29, 1.82) is 0 Å². The standard InChI is InChI=1S/C24H24ClFN2O5/c1-3-32-24(31)21(29)12-18(28-22(30)23-27-13-14(2)33-23)10-15-4-6-16(7-5-15)19-11-17(25)8-9-20(19)26/h4-9,11,13,18,21,29H,3,10,12H2,1-2H3,(H,28,30)/t18-,21-/m1/s1. The van der Waals surface area contributed by atoms with Crippen molar-refractivity contribution in [3.05, 3.63) is 76.7 Å². The van der Waals surface area contributed by atoms with Crippen molar-refractivity contribution in [3.63, 3.8) is 0 Å². The van der Waals surface area contributed by atoms with Gasteiger partial charge in [0.2, 0.25) is 0 Å². The summed E-state index contributed by atoms with van der Waals surface area (Å²) in [6.07, 6.45) is 0.224. The monoisotopic (exact) mass is 474 g/mol. The average Bonchev–Trinajstić information content (AvgIpc) is 3.22. The van der Waals surface area contributed by atoms with Gasteiger partial charge in [-0.15, -0.1) is 0 Å². The summed E-state index contributed by atoms with van der Waals surface area (Å²) in [5.74, 6) is -1.37. The summed E-state index contributed by atoms with van der Waals surface area (Å²) in [5.41, 5.74) is 1.81. The number of ether oxygens (including phenoxy) is 1. The Morgan fingerprint density at radius 1 is 1.24 bits per heavy atom. The number of nitrogens with one attached hydrogen (secondary N) is 1. The Hall–Kier alpha value is -3.23. The molecular formula is C24H24ClFN2O5. The average molecular weight is 475 g/mol. The number of benzene rings is 2. The molecule has 0 aliphatic heterocycles. The fourth-order valence-electron chi connectivity index (χ4n) is 3.33. The maximum Gasteiger partial charge on any atom is 0.335 e. The number of esters is 1. The quantitative estimate of drug-likeness (QED) is 0.453. The van der Waals surface area contributed by atoms with E-state index in [0.29, 0.717) is 28.3 Å². The van der Waals surface area contributed by atoms with Crippen LogP contribution in [0, 0.1) is 12.7 Å². The van der Waals surface area contributed by atoms with Gasteiger partial charge in [-0.1, -0.05) is 35.9 Å². The number of hydrogen-bond acceptors (Lipinski definition) is 6. The highest BCUT2D eigenvalue weighted by Gasteiger charge is 2.25. The van der Waals surface area contributed by atoms with E-state index < -0.39 is 29.8 Å². The van der Waals surface area contributed by atoms with Crippen molar-refractivity contribution < 1.29 is 28.2 Å². The molecule has 2 aromatic carbocycles. The second-order valence-electron chi connectivity index (χ2n) is 7.48. The number of nitrogens with zero attached hydrogens (tertiary/aromatic N) is 1. The summed E-state index contributed by atoms with van der Waals surface area (Å²) in [5, 5.41) is 13.4. The van der Waals surface area contributed by atoms with Crippen LogP contribution in [0.25, 0.3) is 11.1 Å². The number of oxazole rings is 1. The number of aliphatic hydroxyl groups is 1. The van der Waals surface area contributed by atoms with Gasteiger partial charge in [-0.25, -0.2) is 14.2 Å². The molecule has 0 radical (unpaired) electrons. The Labute approximate surface area is 195 Å². The summed E-state index contributed by atoms with van der Waals surface area (Å²) in [7, 11) is 0. The molecule has 0 aliphatic carbocycles. The van der Waals surface area contributed by atoms with E-state index in [1.165, 1.54) is 18.3 Å². The second-order valence-corrected chi connectivity index (χ2v) is 7.91. The Kier molecular flexibility index (Phi) is 8.19. The fourth-order valence-corrected chi connectivity index (χ4v) is 3.50. The van der Waals surface area contributed by atoms with Gasteiger partial charge in [0, 0.05) is 23.0 Å². The van der Waals surface area contributed by atoms with Gasteiger partial charge in [-0.3, -0.25) is 4.79 Å². The molecule has 0 saturated heterocycles. The summed E-state index contributed by atoms with van der Waals surface area (Å²) in [6.45, 7) is 3.43. The number of carbonyl (C=O) groups is 2. The zero-order valence-corrected chi connectivity index (χ0v) is 18.9. The van der Waals surface area contributed by atoms with E-state index in [2.05, 4.69) is 10.3 Å². The highest BCUT2D eigenvalue weighted by atomic mass is 35.5. The summed E-state index contributed by atoms with van der Waals surface area (Å²) in [4.78, 5) is 28.3. The van der Waals surface area contributed by atoms with Gasteiger partial charge >= 0.3 is 11.9 Å². The zero-order chi connectivity index (χ0) is 24.0. The fraction of sp³-hybridized carbons (Fsp3) is 0.292. The first kappa shape index (κ1) is 24.4. The molecule has 0 unspecified atom stereocenters. The van der Waals surface area contributed by atoms with E-state index in [9.17, 15) is 19.1 Å². The maximum atomic E-state index is 14.2. The number of carbonyl (C=O) groups excluding carboxylic acids is 2. The minimum absolute atomic E-state index is 0.0745. The third-order valence-corrected chi connectivity index (χ3v) is 5.13. The Bertz CT molecular complexity index is 1120. The van der Waals surface area contributed by atoms with Gasteiger partial charge in [0.15, 0.2) is 6.10 Å². The Morgan fingerprint density at radius 2 is 1.97 bits per heavy atom. The maximum absolute atomic E-state index is 14.2. The SMILES string of the molecule is CCOC(=O)[C@H](O)C[C@@H](Cc1ccc(-c2cc(Cl)ccc2F)cc1)NC(=O)c1ncc(C)o1. The molecule has 1 aromatic heterocycles. The van der Waals surface area contributed by atoms with Crippen LogP contribution in [0.2, 0.25) is 5.02 Å². The molecule has 2 atom stereocenters. The van der Waals surface area contributed by atoms with Crippen LogP contribution in [-0.2, 0) is 16.0 Å². The Balaban J connectivity index is 1.77. The molecule has 0 aliphatic rings. The second kappa shape index (κ2) is 11.1. The van der Waals surface area contributed by atoms with Crippen molar-refractivity contribution in [2.24, 2.45) is 0 Å². The van der Waals surface area contributed by atoms with E-state index in [4.69, 9.17) is 20.8 Å². The topological polar surface area (TPSA) is 102 Å². The van der Waals surface area contributed by atoms with E-state index in [0.717, 1.165) is 5.56 Å². The number of aromatic nitrogens is 1. The van der Waals surface area contributed by atoms with Crippen LogP contribution < -0.4 is 5.32 Å². The van der Waals surface area contributed by atoms with Crippen LogP contribution in [0.3, 0.4) is 0 Å². The number of halogens is 2. The molecule has 1 heterocycles. The summed E-state index contributed by atoms with van der Waals surface area (Å²) >= 11 is 5.98. The summed E-state index contributed by atoms with van der Waals surface area (Å²) < 4.78 is 24.3. The van der Waals surface area contributed by atoms with Gasteiger partial charge in [0.1, 0.15) is 11.6 Å². The van der Waals surface area contributed by atoms with E-state index in [-0.39, 0.29) is 18.9 Å². The lowest BCUT2D eigenvalue weighted by Crippen LogP contribution is -2.41. The molecule has 3 rings (SSSR count). The van der Waals surface area contributed by atoms with Gasteiger partial charge in [-0.2, -0.15) is 0 Å². The van der Waals surface area contributed by atoms with Crippen LogP contribution >= 0.6 is 11.6 Å². The molecule has 0 saturated carbocycles. The lowest BCUT2D eigenvalue weighted by atomic mass is 9.97. The third kappa shape index (κ3) is 6.63. The molecule has 0 bridgehead atoms. The third-order valence-electron chi connectivity index (χ3n) is 4.89. The van der Waals surface area contributed by atoms with Gasteiger partial charge in [0.05, 0.1) is 12.8 Å². The normalized spacial score (nSPS) is 12.8. The first-order valence-electron chi connectivity index (χ1n) is 10.4. The van der Waals surface area contributed by atoms with Gasteiger partial charge < -0.3 is 19.6 Å². The largest absolute Gasteiger partial charge is 0.464 e. The molecule has 2 N–H and O–H groups in total. The predicted molar refractivity (Wildman–Crippen MR) is 120 cm³/mol. The van der Waals surface area contributed by atoms with E-state index in [1.807, 2.05) is 0 Å². The molecule has 9 heteroatoms. The van der Waals surface area contributed by atoms with Crippen molar-refractivity contribution in [2.45, 2.75) is 38.8 Å². The predicted octanol–water partition coefficient (Wildman–Crippen LogP) is 4.10. The minimum Gasteiger partial charge on any atom is -0.464 e. The molecule has 3 aromatic rings.